The molecule has 9 nitrogen and oxygen atoms in total. The first kappa shape index (κ1) is 23.8. The molecule has 0 saturated heterocycles. The standard InChI is InChI=1S/C24H29N5O4/c1-16-11-17(2)13-19(12-16)26-14-20(30)28(9-10-33-3)21-22(25)29(24(32)27-23(21)31)15-18-7-5-4-6-8-18/h4-8,11-13,26H,9-10,14-15,25H2,1-3H3,(H,27,31,32). The monoisotopic (exact) mass is 451 g/mol. The number of methoxy groups -OCH3 is 1. The number of nitrogens with two attached hydrogens (primary N) is 1. The minimum atomic E-state index is -0.724. The van der Waals surface area contributed by atoms with Crippen LogP contribution in [0, 0.1) is 13.8 Å². The number of H-pyrrole nitrogens is 1. The van der Waals surface area contributed by atoms with Crippen LogP contribution in [-0.2, 0) is 16.1 Å². The van der Waals surface area contributed by atoms with E-state index in [1.165, 1.54) is 16.6 Å². The Morgan fingerprint density at radius 1 is 1.12 bits per heavy atom. The number of benzene rings is 2. The zero-order valence-electron chi connectivity index (χ0n) is 19.1. The van der Waals surface area contributed by atoms with E-state index in [1.54, 1.807) is 0 Å². The van der Waals surface area contributed by atoms with Crippen molar-refractivity contribution in [1.29, 1.82) is 0 Å². The van der Waals surface area contributed by atoms with E-state index in [0.29, 0.717) is 0 Å². The van der Waals surface area contributed by atoms with Gasteiger partial charge in [0.25, 0.3) is 5.56 Å². The molecule has 4 N–H and O–H groups in total. The lowest BCUT2D eigenvalue weighted by molar-refractivity contribution is -0.117. The summed E-state index contributed by atoms with van der Waals surface area (Å²) in [5, 5.41) is 3.10. The number of ether oxygens (including phenoxy) is 1. The number of nitrogen functional groups attached to an aromatic ring is 1. The number of carbonyl (C=O) groups is 1. The largest absolute Gasteiger partial charge is 0.383 e. The van der Waals surface area contributed by atoms with E-state index in [4.69, 9.17) is 10.5 Å². The number of aromatic nitrogens is 2. The summed E-state index contributed by atoms with van der Waals surface area (Å²) in [6.07, 6.45) is 0. The third-order valence-electron chi connectivity index (χ3n) is 5.15. The van der Waals surface area contributed by atoms with Gasteiger partial charge in [-0.05, 0) is 42.7 Å². The Hall–Kier alpha value is -3.85. The van der Waals surface area contributed by atoms with Gasteiger partial charge in [-0.2, -0.15) is 0 Å². The SMILES string of the molecule is COCCN(C(=O)CNc1cc(C)cc(C)c1)c1c(N)n(Cc2ccccc2)c(=O)[nH]c1=O. The maximum absolute atomic E-state index is 13.2. The third kappa shape index (κ3) is 5.89. The smallest absolute Gasteiger partial charge is 0.330 e. The van der Waals surface area contributed by atoms with Gasteiger partial charge in [0.05, 0.1) is 19.7 Å². The molecule has 0 radical (unpaired) electrons. The summed E-state index contributed by atoms with van der Waals surface area (Å²) >= 11 is 0. The second-order valence-electron chi connectivity index (χ2n) is 7.83. The van der Waals surface area contributed by atoms with Gasteiger partial charge in [0, 0.05) is 19.3 Å². The summed E-state index contributed by atoms with van der Waals surface area (Å²) < 4.78 is 6.38. The van der Waals surface area contributed by atoms with Crippen LogP contribution in [0.15, 0.2) is 58.1 Å². The van der Waals surface area contributed by atoms with Crippen LogP contribution < -0.4 is 27.2 Å². The van der Waals surface area contributed by atoms with Crippen LogP contribution in [0.2, 0.25) is 0 Å². The van der Waals surface area contributed by atoms with E-state index in [1.807, 2.05) is 62.4 Å². The Labute approximate surface area is 191 Å². The Balaban J connectivity index is 1.93. The van der Waals surface area contributed by atoms with Gasteiger partial charge in [0.1, 0.15) is 5.82 Å². The molecule has 0 unspecified atom stereocenters. The molecule has 3 aromatic rings. The average Bonchev–Trinajstić information content (AvgIpc) is 2.77. The number of hydrogen-bond donors (Lipinski definition) is 3. The number of rotatable bonds is 9. The van der Waals surface area contributed by atoms with Crippen LogP contribution in [0.4, 0.5) is 17.2 Å². The molecule has 0 atom stereocenters. The first-order valence-electron chi connectivity index (χ1n) is 10.6. The number of aryl methyl sites for hydroxylation is 2. The Morgan fingerprint density at radius 2 is 1.79 bits per heavy atom. The second kappa shape index (κ2) is 10.6. The van der Waals surface area contributed by atoms with Gasteiger partial charge >= 0.3 is 5.69 Å². The molecular weight excluding hydrogens is 422 g/mol. The molecule has 1 amide bonds. The number of nitrogens with one attached hydrogen (secondary N) is 2. The fourth-order valence-corrected chi connectivity index (χ4v) is 3.65. The van der Waals surface area contributed by atoms with Crippen molar-refractivity contribution in [3.05, 3.63) is 86.1 Å². The van der Waals surface area contributed by atoms with Crippen molar-refractivity contribution in [1.82, 2.24) is 9.55 Å². The molecule has 3 rings (SSSR count). The lowest BCUT2D eigenvalue weighted by atomic mass is 10.1. The van der Waals surface area contributed by atoms with E-state index in [2.05, 4.69) is 10.3 Å². The van der Waals surface area contributed by atoms with Crippen LogP contribution in [0.3, 0.4) is 0 Å². The predicted molar refractivity (Wildman–Crippen MR) is 130 cm³/mol. The van der Waals surface area contributed by atoms with E-state index in [-0.39, 0.29) is 43.7 Å². The van der Waals surface area contributed by atoms with Crippen LogP contribution in [0.1, 0.15) is 16.7 Å². The highest BCUT2D eigenvalue weighted by molar-refractivity contribution is 5.98. The minimum absolute atomic E-state index is 0.0662. The zero-order valence-corrected chi connectivity index (χ0v) is 19.1. The number of aromatic amines is 1. The van der Waals surface area contributed by atoms with Crippen molar-refractivity contribution in [3.8, 4) is 0 Å². The van der Waals surface area contributed by atoms with Crippen LogP contribution in [0.5, 0.6) is 0 Å². The number of carbonyl (C=O) groups excluding carboxylic acids is 1. The maximum Gasteiger partial charge on any atom is 0.330 e. The minimum Gasteiger partial charge on any atom is -0.383 e. The summed E-state index contributed by atoms with van der Waals surface area (Å²) in [5.41, 5.74) is 8.59. The van der Waals surface area contributed by atoms with E-state index in [0.717, 1.165) is 22.4 Å². The molecule has 0 aliphatic heterocycles. The van der Waals surface area contributed by atoms with Crippen molar-refractivity contribution >= 4 is 23.1 Å². The number of anilines is 3. The third-order valence-corrected chi connectivity index (χ3v) is 5.15. The summed E-state index contributed by atoms with van der Waals surface area (Å²) in [4.78, 5) is 41.9. The summed E-state index contributed by atoms with van der Waals surface area (Å²) in [7, 11) is 1.50. The van der Waals surface area contributed by atoms with Crippen molar-refractivity contribution in [2.24, 2.45) is 0 Å². The average molecular weight is 452 g/mol. The molecule has 2 aromatic carbocycles. The fourth-order valence-electron chi connectivity index (χ4n) is 3.65. The lowest BCUT2D eigenvalue weighted by Gasteiger charge is -2.24. The highest BCUT2D eigenvalue weighted by Crippen LogP contribution is 2.19. The normalized spacial score (nSPS) is 10.8. The summed E-state index contributed by atoms with van der Waals surface area (Å²) in [5.74, 6) is -0.461. The molecule has 0 aliphatic carbocycles. The second-order valence-corrected chi connectivity index (χ2v) is 7.83. The van der Waals surface area contributed by atoms with E-state index >= 15 is 0 Å². The zero-order chi connectivity index (χ0) is 24.0. The highest BCUT2D eigenvalue weighted by Gasteiger charge is 2.24. The molecule has 0 aliphatic rings. The van der Waals surface area contributed by atoms with E-state index < -0.39 is 11.2 Å². The molecule has 9 heteroatoms. The molecule has 1 heterocycles. The quantitative estimate of drug-likeness (QED) is 0.457. The maximum atomic E-state index is 13.2. The van der Waals surface area contributed by atoms with Crippen molar-refractivity contribution in [3.63, 3.8) is 0 Å². The fraction of sp³-hybridized carbons (Fsp3) is 0.292. The van der Waals surface area contributed by atoms with Gasteiger partial charge in [0.15, 0.2) is 5.69 Å². The molecule has 33 heavy (non-hydrogen) atoms. The first-order valence-corrected chi connectivity index (χ1v) is 10.6. The predicted octanol–water partition coefficient (Wildman–Crippen LogP) is 1.88. The molecular formula is C24H29N5O4. The van der Waals surface area contributed by atoms with Gasteiger partial charge < -0.3 is 20.7 Å². The van der Waals surface area contributed by atoms with E-state index in [9.17, 15) is 14.4 Å². The lowest BCUT2D eigenvalue weighted by Crippen LogP contribution is -2.44. The van der Waals surface area contributed by atoms with Gasteiger partial charge in [-0.25, -0.2) is 4.79 Å². The van der Waals surface area contributed by atoms with Gasteiger partial charge in [-0.15, -0.1) is 0 Å². The molecule has 0 spiro atoms. The first-order chi connectivity index (χ1) is 15.8. The molecule has 0 fully saturated rings. The number of hydrogen-bond acceptors (Lipinski definition) is 6. The van der Waals surface area contributed by atoms with Crippen molar-refractivity contribution < 1.29 is 9.53 Å². The topological polar surface area (TPSA) is 122 Å². The summed E-state index contributed by atoms with van der Waals surface area (Å²) in [6, 6.07) is 15.1. The molecule has 1 aromatic heterocycles. The van der Waals surface area contributed by atoms with Crippen molar-refractivity contribution in [2.45, 2.75) is 20.4 Å². The van der Waals surface area contributed by atoms with Crippen molar-refractivity contribution in [2.75, 3.05) is 42.8 Å². The Bertz CT molecular complexity index is 1210. The molecule has 0 saturated carbocycles. The Morgan fingerprint density at radius 3 is 2.42 bits per heavy atom. The summed E-state index contributed by atoms with van der Waals surface area (Å²) in [6.45, 7) is 4.32. The van der Waals surface area contributed by atoms with Crippen LogP contribution >= 0.6 is 0 Å². The number of nitrogens with zero attached hydrogens (tertiary/aromatic N) is 2. The van der Waals surface area contributed by atoms with Crippen LogP contribution in [-0.4, -0.2) is 42.3 Å². The van der Waals surface area contributed by atoms with Crippen LogP contribution in [0.25, 0.3) is 0 Å². The molecule has 174 valence electrons. The van der Waals surface area contributed by atoms with Gasteiger partial charge in [-0.3, -0.25) is 19.1 Å². The highest BCUT2D eigenvalue weighted by atomic mass is 16.5. The van der Waals surface area contributed by atoms with Gasteiger partial charge in [-0.1, -0.05) is 36.4 Å². The van der Waals surface area contributed by atoms with Gasteiger partial charge in [0.2, 0.25) is 5.91 Å². The Kier molecular flexibility index (Phi) is 7.68. The number of amides is 1. The molecule has 0 bridgehead atoms.